The molecule has 1 saturated carbocycles. The predicted octanol–water partition coefficient (Wildman–Crippen LogP) is 4.91. The van der Waals surface area contributed by atoms with Crippen LogP contribution in [0.25, 0.3) is 10.4 Å². The Morgan fingerprint density at radius 1 is 1.00 bits per heavy atom. The van der Waals surface area contributed by atoms with Crippen LogP contribution in [-0.2, 0) is 14.4 Å². The Morgan fingerprint density at radius 2 is 1.77 bits per heavy atom. The number of hydrogen-bond acceptors (Lipinski definition) is 5. The highest BCUT2D eigenvalue weighted by molar-refractivity contribution is 7.13. The van der Waals surface area contributed by atoms with E-state index >= 15 is 0 Å². The standard InChI is InChI=1S/C31H39N3O4S/c1-21(13-15-32-31(38)24-11-9-23(10-12-24)27-8-5-17-39-27)18-28(36)33-16-14-25-30(33)26(35)20-34(25)29(37)19-22-6-3-2-4-7-22/h5,8-12,17,21-22,25,30H,2-4,6-7,13-16,18-20H2,1H3,(H,32,38). The van der Waals surface area contributed by atoms with Crippen molar-refractivity contribution < 1.29 is 19.2 Å². The molecule has 3 atom stereocenters. The smallest absolute Gasteiger partial charge is 0.251 e. The monoisotopic (exact) mass is 549 g/mol. The number of nitrogens with one attached hydrogen (secondary N) is 1. The van der Waals surface area contributed by atoms with Crippen LogP contribution in [0.1, 0.15) is 75.1 Å². The molecule has 2 aliphatic heterocycles. The zero-order valence-corrected chi connectivity index (χ0v) is 23.6. The van der Waals surface area contributed by atoms with Crippen LogP contribution in [0.2, 0.25) is 0 Å². The van der Waals surface area contributed by atoms with Crippen molar-refractivity contribution in [2.24, 2.45) is 11.8 Å². The summed E-state index contributed by atoms with van der Waals surface area (Å²) in [5.41, 5.74) is 1.71. The maximum Gasteiger partial charge on any atom is 0.251 e. The molecule has 2 saturated heterocycles. The average Bonchev–Trinajstić information content (AvgIpc) is 3.68. The highest BCUT2D eigenvalue weighted by Crippen LogP contribution is 2.33. The Hall–Kier alpha value is -3.00. The first-order chi connectivity index (χ1) is 18.9. The van der Waals surface area contributed by atoms with E-state index in [1.165, 1.54) is 24.1 Å². The van der Waals surface area contributed by atoms with Gasteiger partial charge in [-0.3, -0.25) is 19.2 Å². The summed E-state index contributed by atoms with van der Waals surface area (Å²) in [6.07, 6.45) is 8.06. The number of amides is 3. The molecular weight excluding hydrogens is 510 g/mol. The van der Waals surface area contributed by atoms with E-state index in [2.05, 4.69) is 11.4 Å². The SMILES string of the molecule is CC(CCNC(=O)c1ccc(-c2cccs2)cc1)CC(=O)N1CCC2C1C(=O)CN2C(=O)CC1CCCCC1. The van der Waals surface area contributed by atoms with Crippen molar-refractivity contribution in [1.29, 1.82) is 0 Å². The van der Waals surface area contributed by atoms with Crippen LogP contribution < -0.4 is 5.32 Å². The van der Waals surface area contributed by atoms with Gasteiger partial charge in [0.25, 0.3) is 5.91 Å². The lowest BCUT2D eigenvalue weighted by Gasteiger charge is -2.27. The lowest BCUT2D eigenvalue weighted by molar-refractivity contribution is -0.137. The quantitative estimate of drug-likeness (QED) is 0.482. The average molecular weight is 550 g/mol. The van der Waals surface area contributed by atoms with Gasteiger partial charge in [-0.15, -0.1) is 11.3 Å². The van der Waals surface area contributed by atoms with Crippen molar-refractivity contribution in [3.05, 3.63) is 47.3 Å². The van der Waals surface area contributed by atoms with Crippen LogP contribution in [0.3, 0.4) is 0 Å². The first kappa shape index (κ1) is 27.6. The molecule has 7 nitrogen and oxygen atoms in total. The minimum absolute atomic E-state index is 0.00661. The molecule has 3 amide bonds. The molecule has 1 aliphatic carbocycles. The Kier molecular flexibility index (Phi) is 8.80. The fraction of sp³-hybridized carbons (Fsp3) is 0.548. The van der Waals surface area contributed by atoms with Crippen molar-refractivity contribution in [3.63, 3.8) is 0 Å². The molecule has 3 unspecified atom stereocenters. The second kappa shape index (κ2) is 12.5. The molecule has 39 heavy (non-hydrogen) atoms. The Bertz CT molecular complexity index is 1170. The summed E-state index contributed by atoms with van der Waals surface area (Å²) in [4.78, 5) is 56.3. The van der Waals surface area contributed by atoms with Gasteiger partial charge in [-0.1, -0.05) is 44.4 Å². The number of likely N-dealkylation sites (tertiary alicyclic amines) is 2. The van der Waals surface area contributed by atoms with Gasteiger partial charge >= 0.3 is 0 Å². The van der Waals surface area contributed by atoms with E-state index in [4.69, 9.17) is 0 Å². The number of thiophene rings is 1. The van der Waals surface area contributed by atoms with E-state index in [0.717, 1.165) is 18.4 Å². The van der Waals surface area contributed by atoms with Gasteiger partial charge in [0.1, 0.15) is 6.04 Å². The lowest BCUT2D eigenvalue weighted by Crippen LogP contribution is -2.44. The Labute approximate surface area is 234 Å². The molecule has 5 rings (SSSR count). The molecule has 1 aromatic carbocycles. The first-order valence-corrected chi connectivity index (χ1v) is 15.3. The molecule has 8 heteroatoms. The van der Waals surface area contributed by atoms with E-state index < -0.39 is 6.04 Å². The summed E-state index contributed by atoms with van der Waals surface area (Å²) in [6.45, 7) is 3.15. The molecule has 3 fully saturated rings. The van der Waals surface area contributed by atoms with Gasteiger partial charge in [0.15, 0.2) is 5.78 Å². The zero-order chi connectivity index (χ0) is 27.4. The highest BCUT2D eigenvalue weighted by Gasteiger charge is 2.51. The highest BCUT2D eigenvalue weighted by atomic mass is 32.1. The van der Waals surface area contributed by atoms with Gasteiger partial charge in [0.2, 0.25) is 11.8 Å². The maximum absolute atomic E-state index is 13.2. The fourth-order valence-electron chi connectivity index (χ4n) is 6.46. The molecule has 3 heterocycles. The van der Waals surface area contributed by atoms with E-state index in [0.29, 0.717) is 50.3 Å². The van der Waals surface area contributed by atoms with Crippen molar-refractivity contribution in [3.8, 4) is 10.4 Å². The van der Waals surface area contributed by atoms with E-state index in [1.807, 2.05) is 42.6 Å². The number of ketones is 1. The number of fused-ring (bicyclic) bond motifs is 1. The summed E-state index contributed by atoms with van der Waals surface area (Å²) < 4.78 is 0. The van der Waals surface area contributed by atoms with Gasteiger partial charge in [0, 0.05) is 36.4 Å². The lowest BCUT2D eigenvalue weighted by atomic mass is 9.86. The van der Waals surface area contributed by atoms with Crippen LogP contribution in [-0.4, -0.2) is 65.0 Å². The van der Waals surface area contributed by atoms with Crippen LogP contribution in [0.5, 0.6) is 0 Å². The molecule has 0 spiro atoms. The van der Waals surface area contributed by atoms with E-state index in [1.54, 1.807) is 21.1 Å². The minimum Gasteiger partial charge on any atom is -0.352 e. The summed E-state index contributed by atoms with van der Waals surface area (Å²) in [5, 5.41) is 4.99. The number of hydrogen-bond donors (Lipinski definition) is 1. The number of carbonyl (C=O) groups is 4. The normalized spacial score (nSPS) is 22.1. The molecular formula is C31H39N3O4S. The van der Waals surface area contributed by atoms with E-state index in [9.17, 15) is 19.2 Å². The minimum atomic E-state index is -0.489. The first-order valence-electron chi connectivity index (χ1n) is 14.4. The number of nitrogens with zero attached hydrogens (tertiary/aromatic N) is 2. The molecule has 208 valence electrons. The number of carbonyl (C=O) groups excluding carboxylic acids is 4. The van der Waals surface area contributed by atoms with Crippen molar-refractivity contribution >= 4 is 34.8 Å². The number of Topliss-reactive ketones (excluding diaryl/α,β-unsaturated/α-hetero) is 1. The second-order valence-corrected chi connectivity index (χ2v) is 12.4. The van der Waals surface area contributed by atoms with Gasteiger partial charge < -0.3 is 15.1 Å². The predicted molar refractivity (Wildman–Crippen MR) is 152 cm³/mol. The fourth-order valence-corrected chi connectivity index (χ4v) is 7.19. The van der Waals surface area contributed by atoms with Gasteiger partial charge in [-0.2, -0.15) is 0 Å². The third-order valence-electron chi connectivity index (χ3n) is 8.65. The topological polar surface area (TPSA) is 86.8 Å². The van der Waals surface area contributed by atoms with Crippen LogP contribution in [0, 0.1) is 11.8 Å². The van der Waals surface area contributed by atoms with Crippen LogP contribution >= 0.6 is 11.3 Å². The zero-order valence-electron chi connectivity index (χ0n) is 22.8. The molecule has 3 aliphatic rings. The number of rotatable bonds is 9. The maximum atomic E-state index is 13.2. The third-order valence-corrected chi connectivity index (χ3v) is 9.57. The molecule has 1 N–H and O–H groups in total. The van der Waals surface area contributed by atoms with Crippen molar-refractivity contribution in [2.75, 3.05) is 19.6 Å². The molecule has 0 bridgehead atoms. The van der Waals surface area contributed by atoms with Crippen LogP contribution in [0.4, 0.5) is 0 Å². The largest absolute Gasteiger partial charge is 0.352 e. The Balaban J connectivity index is 1.06. The summed E-state index contributed by atoms with van der Waals surface area (Å²) in [6, 6.07) is 11.0. The Morgan fingerprint density at radius 3 is 2.49 bits per heavy atom. The second-order valence-electron chi connectivity index (χ2n) is 11.5. The van der Waals surface area contributed by atoms with Crippen molar-refractivity contribution in [1.82, 2.24) is 15.1 Å². The van der Waals surface area contributed by atoms with Gasteiger partial charge in [0.05, 0.1) is 12.6 Å². The summed E-state index contributed by atoms with van der Waals surface area (Å²) in [5.74, 6) is 0.434. The number of benzene rings is 1. The van der Waals surface area contributed by atoms with Crippen LogP contribution in [0.15, 0.2) is 41.8 Å². The molecule has 2 aromatic rings. The molecule has 1 aromatic heterocycles. The van der Waals surface area contributed by atoms with Crippen molar-refractivity contribution in [2.45, 2.75) is 76.8 Å². The third kappa shape index (κ3) is 6.43. The molecule has 0 radical (unpaired) electrons. The van der Waals surface area contributed by atoms with Gasteiger partial charge in [-0.25, -0.2) is 0 Å². The summed E-state index contributed by atoms with van der Waals surface area (Å²) in [7, 11) is 0. The summed E-state index contributed by atoms with van der Waals surface area (Å²) >= 11 is 1.67. The van der Waals surface area contributed by atoms with Gasteiger partial charge in [-0.05, 0) is 66.7 Å². The van der Waals surface area contributed by atoms with E-state index in [-0.39, 0.29) is 42.0 Å².